The minimum Gasteiger partial charge on any atom is -0.487 e. The Morgan fingerprint density at radius 2 is 1.38 bits per heavy atom. The number of nitrogens with zero attached hydrogens (tertiary/aromatic N) is 2. The van der Waals surface area contributed by atoms with Gasteiger partial charge in [-0.15, -0.1) is 0 Å². The van der Waals surface area contributed by atoms with Crippen LogP contribution in [0.25, 0.3) is 0 Å². The average molecular weight is 501 g/mol. The van der Waals surface area contributed by atoms with Gasteiger partial charge in [-0.3, -0.25) is 0 Å². The molecule has 2 heterocycles. The highest BCUT2D eigenvalue weighted by Crippen LogP contribution is 2.25. The smallest absolute Gasteiger partial charge is 0.356 e. The zero-order chi connectivity index (χ0) is 26.1. The van der Waals surface area contributed by atoms with E-state index in [9.17, 15) is 19.8 Å². The highest BCUT2D eigenvalue weighted by Gasteiger charge is 2.18. The number of hydrogen-bond donors (Lipinski definition) is 3. The molecule has 0 spiro atoms. The Bertz CT molecular complexity index is 985. The number of aromatic carboxylic acids is 1. The summed E-state index contributed by atoms with van der Waals surface area (Å²) in [7, 11) is 2.63. The van der Waals surface area contributed by atoms with Crippen molar-refractivity contribution in [3.05, 3.63) is 40.8 Å². The number of carboxylic acid groups (broad SMARTS) is 1. The number of carboxylic acids is 1. The fraction of sp³-hybridized carbons (Fsp3) is 0.455. The van der Waals surface area contributed by atoms with E-state index in [1.807, 2.05) is 0 Å². The molecule has 0 saturated heterocycles. The van der Waals surface area contributed by atoms with E-state index in [0.29, 0.717) is 11.5 Å². The molecule has 34 heavy (non-hydrogen) atoms. The summed E-state index contributed by atoms with van der Waals surface area (Å²) in [6.07, 6.45) is 0. The molecule has 188 valence electrons. The van der Waals surface area contributed by atoms with E-state index in [1.54, 1.807) is 27.7 Å². The van der Waals surface area contributed by atoms with E-state index in [1.165, 1.54) is 38.5 Å². The number of esters is 1. The second-order valence-electron chi connectivity index (χ2n) is 8.19. The molecule has 11 nitrogen and oxygen atoms in total. The van der Waals surface area contributed by atoms with Crippen LogP contribution in [0.1, 0.15) is 48.7 Å². The summed E-state index contributed by atoms with van der Waals surface area (Å²) in [4.78, 5) is 29.5. The molecule has 2 rings (SSSR count). The van der Waals surface area contributed by atoms with Crippen LogP contribution in [0.15, 0.2) is 24.3 Å². The molecule has 0 bridgehead atoms. The topological polar surface area (TPSA) is 158 Å². The van der Waals surface area contributed by atoms with E-state index in [4.69, 9.17) is 30.9 Å². The van der Waals surface area contributed by atoms with E-state index >= 15 is 0 Å². The van der Waals surface area contributed by atoms with Crippen molar-refractivity contribution < 1.29 is 43.9 Å². The summed E-state index contributed by atoms with van der Waals surface area (Å²) in [6.45, 7) is 6.54. The zero-order valence-electron chi connectivity index (χ0n) is 19.8. The maximum Gasteiger partial charge on any atom is 0.356 e. The lowest BCUT2D eigenvalue weighted by molar-refractivity contribution is 0.0272. The van der Waals surface area contributed by atoms with Gasteiger partial charge in [-0.2, -0.15) is 0 Å². The minimum atomic E-state index is -1.14. The van der Waals surface area contributed by atoms with Crippen LogP contribution in [-0.4, -0.2) is 75.9 Å². The first-order chi connectivity index (χ1) is 15.7. The number of methoxy groups -OCH3 is 2. The van der Waals surface area contributed by atoms with Crippen LogP contribution in [-0.2, 0) is 4.74 Å². The predicted molar refractivity (Wildman–Crippen MR) is 122 cm³/mol. The van der Waals surface area contributed by atoms with E-state index < -0.39 is 23.1 Å². The first-order valence-electron chi connectivity index (χ1n) is 9.90. The number of pyridine rings is 2. The largest absolute Gasteiger partial charge is 0.487 e. The quantitative estimate of drug-likeness (QED) is 0.343. The van der Waals surface area contributed by atoms with Crippen LogP contribution in [0.5, 0.6) is 17.4 Å². The Labute approximate surface area is 202 Å². The van der Waals surface area contributed by atoms with Crippen molar-refractivity contribution in [1.82, 2.24) is 9.97 Å². The Morgan fingerprint density at radius 1 is 0.882 bits per heavy atom. The van der Waals surface area contributed by atoms with Gasteiger partial charge >= 0.3 is 11.9 Å². The van der Waals surface area contributed by atoms with Gasteiger partial charge in [0.2, 0.25) is 0 Å². The van der Waals surface area contributed by atoms with Crippen LogP contribution >= 0.6 is 11.6 Å². The molecular weight excluding hydrogens is 472 g/mol. The number of hydrogen-bond acceptors (Lipinski definition) is 10. The normalized spacial score (nSPS) is 11.1. The van der Waals surface area contributed by atoms with Gasteiger partial charge in [0, 0.05) is 0 Å². The van der Waals surface area contributed by atoms with Crippen LogP contribution in [0.2, 0.25) is 5.15 Å². The van der Waals surface area contributed by atoms with Crippen LogP contribution in [0, 0.1) is 0 Å². The van der Waals surface area contributed by atoms with Gasteiger partial charge in [-0.25, -0.2) is 19.6 Å². The summed E-state index contributed by atoms with van der Waals surface area (Å²) >= 11 is 5.83. The molecule has 0 aliphatic carbocycles. The summed E-state index contributed by atoms with van der Waals surface area (Å²) in [5.74, 6) is -1.03. The van der Waals surface area contributed by atoms with E-state index in [0.717, 1.165) is 0 Å². The molecular formula is C22H29ClN2O9. The molecule has 2 aromatic heterocycles. The second-order valence-corrected chi connectivity index (χ2v) is 8.55. The molecule has 0 atom stereocenters. The molecule has 3 N–H and O–H groups in total. The van der Waals surface area contributed by atoms with Gasteiger partial charge in [0.25, 0.3) is 5.88 Å². The van der Waals surface area contributed by atoms with Crippen molar-refractivity contribution in [3.8, 4) is 17.4 Å². The minimum absolute atomic E-state index is 0.0529. The second kappa shape index (κ2) is 12.4. The molecule has 2 aromatic rings. The molecule has 0 aliphatic rings. The lowest BCUT2D eigenvalue weighted by Crippen LogP contribution is -2.28. The van der Waals surface area contributed by atoms with Gasteiger partial charge in [0.1, 0.15) is 18.9 Å². The van der Waals surface area contributed by atoms with Crippen molar-refractivity contribution in [3.63, 3.8) is 0 Å². The van der Waals surface area contributed by atoms with E-state index in [-0.39, 0.29) is 35.6 Å². The molecule has 0 unspecified atom stereocenters. The molecule has 0 saturated carbocycles. The molecule has 0 fully saturated rings. The van der Waals surface area contributed by atoms with Gasteiger partial charge in [0.05, 0.1) is 25.4 Å². The third-order valence-electron chi connectivity index (χ3n) is 3.61. The third kappa shape index (κ3) is 10.2. The maximum absolute atomic E-state index is 11.2. The number of carbonyl (C=O) groups is 2. The molecule has 12 heteroatoms. The average Bonchev–Trinajstić information content (AvgIpc) is 2.75. The first-order valence-corrected chi connectivity index (χ1v) is 10.3. The van der Waals surface area contributed by atoms with Crippen molar-refractivity contribution in [2.24, 2.45) is 0 Å². The lowest BCUT2D eigenvalue weighted by atomic mass is 10.2. The highest BCUT2D eigenvalue weighted by atomic mass is 35.5. The van der Waals surface area contributed by atoms with Gasteiger partial charge < -0.3 is 34.3 Å². The van der Waals surface area contributed by atoms with Crippen molar-refractivity contribution >= 4 is 23.5 Å². The van der Waals surface area contributed by atoms with Crippen LogP contribution in [0.4, 0.5) is 0 Å². The zero-order valence-corrected chi connectivity index (χ0v) is 20.5. The first kappa shape index (κ1) is 28.9. The highest BCUT2D eigenvalue weighted by molar-refractivity contribution is 6.31. The SMILES string of the molecule is COC(=O)c1ccc(OCC(C)(C)O)c(Cl)n1.COc1nc(C(=O)O)ccc1OCC(C)(C)O. The molecule has 0 amide bonds. The van der Waals surface area contributed by atoms with Crippen molar-refractivity contribution in [1.29, 1.82) is 0 Å². The Hall–Kier alpha value is -3.15. The standard InChI is InChI=1S/C11H14ClNO4.C11H15NO5/c1-11(2,15)6-17-8-5-4-7(10(14)16-3)13-9(8)12;1-11(2,15)6-17-8-5-4-7(10(13)14)12-9(8)16-3/h4-5,15H,6H2,1-3H3;4-5,15H,6H2,1-3H3,(H,13,14). The maximum atomic E-state index is 11.2. The number of aliphatic hydroxyl groups is 2. The molecule has 0 aliphatic heterocycles. The molecule has 0 radical (unpaired) electrons. The fourth-order valence-corrected chi connectivity index (χ4v) is 2.27. The van der Waals surface area contributed by atoms with Crippen LogP contribution < -0.4 is 14.2 Å². The van der Waals surface area contributed by atoms with Crippen molar-refractivity contribution in [2.45, 2.75) is 38.9 Å². The number of halogens is 1. The van der Waals surface area contributed by atoms with Gasteiger partial charge in [0.15, 0.2) is 22.3 Å². The summed E-state index contributed by atoms with van der Waals surface area (Å²) in [6, 6.07) is 5.70. The predicted octanol–water partition coefficient (Wildman–Crippen LogP) is 2.61. The Balaban J connectivity index is 0.000000340. The summed E-state index contributed by atoms with van der Waals surface area (Å²) in [5, 5.41) is 27.8. The van der Waals surface area contributed by atoms with E-state index in [2.05, 4.69) is 14.7 Å². The lowest BCUT2D eigenvalue weighted by Gasteiger charge is -2.18. The molecule has 0 aromatic carbocycles. The fourth-order valence-electron chi connectivity index (χ4n) is 2.06. The summed E-state index contributed by atoms with van der Waals surface area (Å²) in [5.41, 5.74) is -1.98. The number of ether oxygens (including phenoxy) is 4. The Morgan fingerprint density at radius 3 is 1.82 bits per heavy atom. The summed E-state index contributed by atoms with van der Waals surface area (Å²) < 4.78 is 20.0. The number of carbonyl (C=O) groups excluding carboxylic acids is 1. The Kier molecular flexibility index (Phi) is 10.5. The number of aromatic nitrogens is 2. The van der Waals surface area contributed by atoms with Gasteiger partial charge in [-0.05, 0) is 52.0 Å². The monoisotopic (exact) mass is 500 g/mol. The van der Waals surface area contributed by atoms with Crippen LogP contribution in [0.3, 0.4) is 0 Å². The van der Waals surface area contributed by atoms with Crippen molar-refractivity contribution in [2.75, 3.05) is 27.4 Å². The number of rotatable bonds is 9. The van der Waals surface area contributed by atoms with Gasteiger partial charge in [-0.1, -0.05) is 11.6 Å². The third-order valence-corrected chi connectivity index (χ3v) is 3.88.